The SMILES string of the molecule is Cc1ccc(N2CCc3nc(-c4cscn4)ncc3C2C)nc1C. The quantitative estimate of drug-likeness (QED) is 0.713. The van der Waals surface area contributed by atoms with Gasteiger partial charge >= 0.3 is 0 Å². The average Bonchev–Trinajstić information content (AvgIpc) is 3.12. The van der Waals surface area contributed by atoms with Crippen molar-refractivity contribution in [2.24, 2.45) is 0 Å². The molecule has 1 unspecified atom stereocenters. The zero-order valence-corrected chi connectivity index (χ0v) is 14.8. The van der Waals surface area contributed by atoms with Gasteiger partial charge in [0.25, 0.3) is 0 Å². The molecule has 0 saturated carbocycles. The van der Waals surface area contributed by atoms with E-state index in [-0.39, 0.29) is 6.04 Å². The molecule has 3 aromatic rings. The summed E-state index contributed by atoms with van der Waals surface area (Å²) < 4.78 is 0. The molecule has 1 aliphatic rings. The van der Waals surface area contributed by atoms with Gasteiger partial charge in [0, 0.05) is 35.8 Å². The first-order chi connectivity index (χ1) is 11.6. The van der Waals surface area contributed by atoms with Gasteiger partial charge in [-0.25, -0.2) is 19.9 Å². The van der Waals surface area contributed by atoms with Gasteiger partial charge in [-0.3, -0.25) is 0 Å². The van der Waals surface area contributed by atoms with Crippen molar-refractivity contribution in [1.82, 2.24) is 19.9 Å². The van der Waals surface area contributed by atoms with Crippen molar-refractivity contribution in [1.29, 1.82) is 0 Å². The third-order valence-electron chi connectivity index (χ3n) is 4.70. The average molecular weight is 337 g/mol. The molecule has 0 amide bonds. The predicted octanol–water partition coefficient (Wildman–Crippen LogP) is 3.74. The highest BCUT2D eigenvalue weighted by Crippen LogP contribution is 2.32. The molecule has 3 aromatic heterocycles. The Morgan fingerprint density at radius 2 is 2.04 bits per heavy atom. The van der Waals surface area contributed by atoms with E-state index >= 15 is 0 Å². The van der Waals surface area contributed by atoms with Crippen LogP contribution in [0.1, 0.15) is 35.5 Å². The fourth-order valence-electron chi connectivity index (χ4n) is 3.10. The maximum absolute atomic E-state index is 4.75. The van der Waals surface area contributed by atoms with E-state index in [2.05, 4.69) is 47.8 Å². The molecule has 0 radical (unpaired) electrons. The molecule has 6 heteroatoms. The zero-order valence-electron chi connectivity index (χ0n) is 14.0. The van der Waals surface area contributed by atoms with Crippen molar-refractivity contribution in [3.8, 4) is 11.5 Å². The fraction of sp³-hybridized carbons (Fsp3) is 0.333. The molecule has 0 spiro atoms. The molecule has 24 heavy (non-hydrogen) atoms. The number of aryl methyl sites for hydroxylation is 2. The highest BCUT2D eigenvalue weighted by atomic mass is 32.1. The second-order valence-corrected chi connectivity index (χ2v) is 6.88. The van der Waals surface area contributed by atoms with Crippen LogP contribution < -0.4 is 4.90 Å². The minimum Gasteiger partial charge on any atom is -0.349 e. The van der Waals surface area contributed by atoms with E-state index in [1.165, 1.54) is 11.1 Å². The third-order valence-corrected chi connectivity index (χ3v) is 5.28. The largest absolute Gasteiger partial charge is 0.349 e. The summed E-state index contributed by atoms with van der Waals surface area (Å²) in [6, 6.07) is 4.46. The van der Waals surface area contributed by atoms with Crippen LogP contribution in [0.15, 0.2) is 29.2 Å². The lowest BCUT2D eigenvalue weighted by atomic mass is 9.99. The molecule has 1 atom stereocenters. The number of fused-ring (bicyclic) bond motifs is 1. The van der Waals surface area contributed by atoms with Crippen LogP contribution in [0.5, 0.6) is 0 Å². The van der Waals surface area contributed by atoms with Gasteiger partial charge in [-0.05, 0) is 32.4 Å². The number of hydrogen-bond acceptors (Lipinski definition) is 6. The van der Waals surface area contributed by atoms with Crippen LogP contribution in [0.3, 0.4) is 0 Å². The van der Waals surface area contributed by atoms with E-state index in [9.17, 15) is 0 Å². The molecule has 4 rings (SSSR count). The lowest BCUT2D eigenvalue weighted by Gasteiger charge is -2.35. The standard InChI is InChI=1S/C18H19N5S/c1-11-4-5-17(21-12(11)2)23-7-6-15-14(13(23)3)8-19-18(22-15)16-9-24-10-20-16/h4-5,8-10,13H,6-7H2,1-3H3. The van der Waals surface area contributed by atoms with Gasteiger partial charge in [0.2, 0.25) is 0 Å². The van der Waals surface area contributed by atoms with Crippen LogP contribution in [-0.4, -0.2) is 26.5 Å². The lowest BCUT2D eigenvalue weighted by Crippen LogP contribution is -2.35. The monoisotopic (exact) mass is 337 g/mol. The summed E-state index contributed by atoms with van der Waals surface area (Å²) in [7, 11) is 0. The smallest absolute Gasteiger partial charge is 0.179 e. The van der Waals surface area contributed by atoms with Crippen molar-refractivity contribution in [3.05, 3.63) is 51.7 Å². The molecule has 0 bridgehead atoms. The van der Waals surface area contributed by atoms with Crippen LogP contribution in [0.25, 0.3) is 11.5 Å². The van der Waals surface area contributed by atoms with Crippen molar-refractivity contribution in [3.63, 3.8) is 0 Å². The topological polar surface area (TPSA) is 54.8 Å². The molecule has 0 fully saturated rings. The normalized spacial score (nSPS) is 17.0. The van der Waals surface area contributed by atoms with Crippen molar-refractivity contribution >= 4 is 17.2 Å². The summed E-state index contributed by atoms with van der Waals surface area (Å²) in [5.41, 5.74) is 7.28. The maximum atomic E-state index is 4.75. The Morgan fingerprint density at radius 1 is 1.17 bits per heavy atom. The molecule has 5 nitrogen and oxygen atoms in total. The van der Waals surface area contributed by atoms with Gasteiger partial charge in [0.15, 0.2) is 5.82 Å². The number of anilines is 1. The zero-order chi connectivity index (χ0) is 16.7. The summed E-state index contributed by atoms with van der Waals surface area (Å²) in [6.07, 6.45) is 2.85. The number of pyridine rings is 1. The summed E-state index contributed by atoms with van der Waals surface area (Å²) in [6.45, 7) is 7.26. The van der Waals surface area contributed by atoms with Crippen molar-refractivity contribution < 1.29 is 0 Å². The lowest BCUT2D eigenvalue weighted by molar-refractivity contribution is 0.601. The Kier molecular flexibility index (Phi) is 3.76. The molecule has 0 aromatic carbocycles. The molecule has 122 valence electrons. The fourth-order valence-corrected chi connectivity index (χ4v) is 3.63. The van der Waals surface area contributed by atoms with E-state index in [4.69, 9.17) is 9.97 Å². The number of thiazole rings is 1. The van der Waals surface area contributed by atoms with E-state index < -0.39 is 0 Å². The van der Waals surface area contributed by atoms with Crippen LogP contribution >= 0.6 is 11.3 Å². The first-order valence-corrected chi connectivity index (χ1v) is 9.03. The number of rotatable bonds is 2. The molecule has 1 aliphatic heterocycles. The second kappa shape index (κ2) is 5.94. The summed E-state index contributed by atoms with van der Waals surface area (Å²) in [4.78, 5) is 20.7. The molecule has 0 N–H and O–H groups in total. The van der Waals surface area contributed by atoms with Crippen molar-refractivity contribution in [2.45, 2.75) is 33.2 Å². The highest BCUT2D eigenvalue weighted by Gasteiger charge is 2.27. The minimum atomic E-state index is 0.216. The van der Waals surface area contributed by atoms with Gasteiger partial charge in [-0.15, -0.1) is 11.3 Å². The van der Waals surface area contributed by atoms with Crippen molar-refractivity contribution in [2.75, 3.05) is 11.4 Å². The van der Waals surface area contributed by atoms with Gasteiger partial charge < -0.3 is 4.90 Å². The third kappa shape index (κ3) is 2.57. The summed E-state index contributed by atoms with van der Waals surface area (Å²) >= 11 is 1.56. The Balaban J connectivity index is 1.67. The molecular formula is C18H19N5S. The highest BCUT2D eigenvalue weighted by molar-refractivity contribution is 7.07. The maximum Gasteiger partial charge on any atom is 0.179 e. The van der Waals surface area contributed by atoms with Crippen LogP contribution in [0.4, 0.5) is 5.82 Å². The van der Waals surface area contributed by atoms with E-state index in [1.807, 2.05) is 17.1 Å². The Labute approximate surface area is 145 Å². The minimum absolute atomic E-state index is 0.216. The summed E-state index contributed by atoms with van der Waals surface area (Å²) in [5, 5.41) is 1.99. The predicted molar refractivity (Wildman–Crippen MR) is 96.3 cm³/mol. The Hall–Kier alpha value is -2.34. The molecular weight excluding hydrogens is 318 g/mol. The molecule has 0 saturated heterocycles. The van der Waals surface area contributed by atoms with Gasteiger partial charge in [-0.2, -0.15) is 0 Å². The van der Waals surface area contributed by atoms with E-state index in [0.717, 1.165) is 41.7 Å². The molecule has 0 aliphatic carbocycles. The number of aromatic nitrogens is 4. The van der Waals surface area contributed by atoms with Gasteiger partial charge in [0.1, 0.15) is 11.5 Å². The molecule has 4 heterocycles. The number of hydrogen-bond donors (Lipinski definition) is 0. The van der Waals surface area contributed by atoms with Crippen LogP contribution in [0, 0.1) is 13.8 Å². The number of nitrogens with zero attached hydrogens (tertiary/aromatic N) is 5. The van der Waals surface area contributed by atoms with E-state index in [1.54, 1.807) is 11.3 Å². The van der Waals surface area contributed by atoms with Gasteiger partial charge in [0.05, 0.1) is 17.2 Å². The van der Waals surface area contributed by atoms with Gasteiger partial charge in [-0.1, -0.05) is 6.07 Å². The second-order valence-electron chi connectivity index (χ2n) is 6.16. The first kappa shape index (κ1) is 15.2. The Morgan fingerprint density at radius 3 is 2.79 bits per heavy atom. The Bertz CT molecular complexity index is 875. The van der Waals surface area contributed by atoms with E-state index in [0.29, 0.717) is 0 Å². The van der Waals surface area contributed by atoms with Crippen LogP contribution in [-0.2, 0) is 6.42 Å². The van der Waals surface area contributed by atoms with Crippen LogP contribution in [0.2, 0.25) is 0 Å². The first-order valence-electron chi connectivity index (χ1n) is 8.09. The summed E-state index contributed by atoms with van der Waals surface area (Å²) in [5.74, 6) is 1.75.